The first-order chi connectivity index (χ1) is 7.15. The SMILES string of the molecule is COCCNc1cc(N)ccc1C(=O)O. The predicted molar refractivity (Wildman–Crippen MR) is 58.2 cm³/mol. The summed E-state index contributed by atoms with van der Waals surface area (Å²) in [6.07, 6.45) is 0. The molecule has 0 saturated heterocycles. The number of anilines is 2. The minimum absolute atomic E-state index is 0.209. The zero-order valence-electron chi connectivity index (χ0n) is 8.49. The van der Waals surface area contributed by atoms with Gasteiger partial charge in [-0.2, -0.15) is 0 Å². The summed E-state index contributed by atoms with van der Waals surface area (Å²) < 4.78 is 4.85. The number of nitrogens with one attached hydrogen (secondary N) is 1. The lowest BCUT2D eigenvalue weighted by atomic mass is 10.1. The molecule has 1 aromatic rings. The Labute approximate surface area is 87.9 Å². The molecule has 0 aliphatic rings. The first kappa shape index (κ1) is 11.3. The van der Waals surface area contributed by atoms with E-state index in [9.17, 15) is 4.79 Å². The molecule has 0 aliphatic heterocycles. The molecule has 0 bridgehead atoms. The van der Waals surface area contributed by atoms with Gasteiger partial charge in [0.15, 0.2) is 0 Å². The fourth-order valence-corrected chi connectivity index (χ4v) is 1.18. The van der Waals surface area contributed by atoms with Gasteiger partial charge in [0.1, 0.15) is 0 Å². The molecule has 1 rings (SSSR count). The standard InChI is InChI=1S/C10H14N2O3/c1-15-5-4-12-9-6-7(11)2-3-8(9)10(13)14/h2-3,6,12H,4-5,11H2,1H3,(H,13,14). The monoisotopic (exact) mass is 210 g/mol. The Morgan fingerprint density at radius 1 is 1.60 bits per heavy atom. The summed E-state index contributed by atoms with van der Waals surface area (Å²) in [7, 11) is 1.58. The maximum atomic E-state index is 10.9. The van der Waals surface area contributed by atoms with Crippen LogP contribution in [-0.2, 0) is 4.74 Å². The van der Waals surface area contributed by atoms with Crippen LogP contribution in [0.5, 0.6) is 0 Å². The Balaban J connectivity index is 2.82. The molecular formula is C10H14N2O3. The van der Waals surface area contributed by atoms with Crippen LogP contribution in [0.2, 0.25) is 0 Å². The van der Waals surface area contributed by atoms with E-state index in [0.29, 0.717) is 24.5 Å². The van der Waals surface area contributed by atoms with Gasteiger partial charge in [-0.05, 0) is 18.2 Å². The average Bonchev–Trinajstić information content (AvgIpc) is 2.18. The zero-order chi connectivity index (χ0) is 11.3. The normalized spacial score (nSPS) is 9.93. The summed E-state index contributed by atoms with van der Waals surface area (Å²) in [5.41, 5.74) is 6.82. The van der Waals surface area contributed by atoms with Gasteiger partial charge in [-0.25, -0.2) is 4.79 Å². The highest BCUT2D eigenvalue weighted by Gasteiger charge is 2.09. The van der Waals surface area contributed by atoms with Crippen molar-refractivity contribution in [3.63, 3.8) is 0 Å². The molecule has 0 radical (unpaired) electrons. The number of hydrogen-bond donors (Lipinski definition) is 3. The Morgan fingerprint density at radius 3 is 2.93 bits per heavy atom. The number of nitrogens with two attached hydrogens (primary N) is 1. The third kappa shape index (κ3) is 3.14. The van der Waals surface area contributed by atoms with Gasteiger partial charge in [-0.15, -0.1) is 0 Å². The van der Waals surface area contributed by atoms with E-state index in [2.05, 4.69) is 5.32 Å². The van der Waals surface area contributed by atoms with Crippen molar-refractivity contribution in [2.24, 2.45) is 0 Å². The lowest BCUT2D eigenvalue weighted by molar-refractivity contribution is 0.0698. The van der Waals surface area contributed by atoms with Crippen molar-refractivity contribution in [2.45, 2.75) is 0 Å². The number of benzene rings is 1. The smallest absolute Gasteiger partial charge is 0.337 e. The highest BCUT2D eigenvalue weighted by Crippen LogP contribution is 2.18. The average molecular weight is 210 g/mol. The molecule has 82 valence electrons. The predicted octanol–water partition coefficient (Wildman–Crippen LogP) is 1.03. The van der Waals surface area contributed by atoms with E-state index in [-0.39, 0.29) is 5.56 Å². The molecule has 5 nitrogen and oxygen atoms in total. The van der Waals surface area contributed by atoms with Gasteiger partial charge in [0.05, 0.1) is 17.9 Å². The first-order valence-corrected chi connectivity index (χ1v) is 4.50. The lowest BCUT2D eigenvalue weighted by Crippen LogP contribution is -2.11. The molecular weight excluding hydrogens is 196 g/mol. The molecule has 5 heteroatoms. The maximum Gasteiger partial charge on any atom is 0.337 e. The van der Waals surface area contributed by atoms with Gasteiger partial charge in [0.2, 0.25) is 0 Å². The van der Waals surface area contributed by atoms with Crippen LogP contribution >= 0.6 is 0 Å². The fourth-order valence-electron chi connectivity index (χ4n) is 1.18. The van der Waals surface area contributed by atoms with Crippen molar-refractivity contribution in [1.29, 1.82) is 0 Å². The lowest BCUT2D eigenvalue weighted by Gasteiger charge is -2.09. The van der Waals surface area contributed by atoms with Crippen molar-refractivity contribution in [2.75, 3.05) is 31.3 Å². The van der Waals surface area contributed by atoms with Gasteiger partial charge in [-0.1, -0.05) is 0 Å². The van der Waals surface area contributed by atoms with Crippen molar-refractivity contribution in [3.8, 4) is 0 Å². The number of aromatic carboxylic acids is 1. The van der Waals surface area contributed by atoms with E-state index < -0.39 is 5.97 Å². The van der Waals surface area contributed by atoms with Gasteiger partial charge in [-0.3, -0.25) is 0 Å². The molecule has 0 heterocycles. The van der Waals surface area contributed by atoms with Gasteiger partial charge >= 0.3 is 5.97 Å². The maximum absolute atomic E-state index is 10.9. The van der Waals surface area contributed by atoms with Gasteiger partial charge in [0.25, 0.3) is 0 Å². The number of methoxy groups -OCH3 is 1. The van der Waals surface area contributed by atoms with Crippen molar-refractivity contribution in [1.82, 2.24) is 0 Å². The van der Waals surface area contributed by atoms with Crippen LogP contribution in [0.1, 0.15) is 10.4 Å². The van der Waals surface area contributed by atoms with Crippen molar-refractivity contribution in [3.05, 3.63) is 23.8 Å². The van der Waals surface area contributed by atoms with E-state index in [4.69, 9.17) is 15.6 Å². The highest BCUT2D eigenvalue weighted by molar-refractivity contribution is 5.95. The molecule has 4 N–H and O–H groups in total. The van der Waals surface area contributed by atoms with Crippen molar-refractivity contribution < 1.29 is 14.6 Å². The summed E-state index contributed by atoms with van der Waals surface area (Å²) in [4.78, 5) is 10.9. The Hall–Kier alpha value is -1.75. The van der Waals surface area contributed by atoms with Crippen LogP contribution in [0.3, 0.4) is 0 Å². The number of carbonyl (C=O) groups is 1. The van der Waals surface area contributed by atoms with Gasteiger partial charge in [0, 0.05) is 19.3 Å². The Bertz CT molecular complexity index is 353. The van der Waals surface area contributed by atoms with E-state index in [0.717, 1.165) is 0 Å². The summed E-state index contributed by atoms with van der Waals surface area (Å²) in [6.45, 7) is 1.05. The summed E-state index contributed by atoms with van der Waals surface area (Å²) in [5.74, 6) is -0.977. The Morgan fingerprint density at radius 2 is 2.33 bits per heavy atom. The number of carboxylic acids is 1. The highest BCUT2D eigenvalue weighted by atomic mass is 16.5. The number of nitrogen functional groups attached to an aromatic ring is 1. The molecule has 0 atom stereocenters. The fraction of sp³-hybridized carbons (Fsp3) is 0.300. The Kier molecular flexibility index (Phi) is 3.93. The zero-order valence-corrected chi connectivity index (χ0v) is 8.49. The van der Waals surface area contributed by atoms with Crippen LogP contribution in [0, 0.1) is 0 Å². The van der Waals surface area contributed by atoms with Gasteiger partial charge < -0.3 is 20.9 Å². The topological polar surface area (TPSA) is 84.6 Å². The molecule has 0 aliphatic carbocycles. The minimum Gasteiger partial charge on any atom is -0.478 e. The minimum atomic E-state index is -0.977. The van der Waals surface area contributed by atoms with Crippen molar-refractivity contribution >= 4 is 17.3 Å². The van der Waals surface area contributed by atoms with Crippen LogP contribution in [0.4, 0.5) is 11.4 Å². The van der Waals surface area contributed by atoms with E-state index in [1.54, 1.807) is 19.2 Å². The van der Waals surface area contributed by atoms with E-state index in [1.807, 2.05) is 0 Å². The van der Waals surface area contributed by atoms with Crippen LogP contribution in [-0.4, -0.2) is 31.3 Å². The summed E-state index contributed by atoms with van der Waals surface area (Å²) in [5, 5.41) is 11.9. The molecule has 0 fully saturated rings. The second-order valence-electron chi connectivity index (χ2n) is 3.03. The molecule has 0 amide bonds. The number of rotatable bonds is 5. The van der Waals surface area contributed by atoms with E-state index >= 15 is 0 Å². The molecule has 0 aromatic heterocycles. The number of ether oxygens (including phenoxy) is 1. The third-order valence-corrected chi connectivity index (χ3v) is 1.90. The summed E-state index contributed by atoms with van der Waals surface area (Å²) >= 11 is 0. The second kappa shape index (κ2) is 5.21. The molecule has 1 aromatic carbocycles. The summed E-state index contributed by atoms with van der Waals surface area (Å²) in [6, 6.07) is 4.64. The number of carboxylic acid groups (broad SMARTS) is 1. The largest absolute Gasteiger partial charge is 0.478 e. The van der Waals surface area contributed by atoms with E-state index in [1.165, 1.54) is 6.07 Å². The van der Waals surface area contributed by atoms with Crippen LogP contribution < -0.4 is 11.1 Å². The molecule has 0 unspecified atom stereocenters. The van der Waals surface area contributed by atoms with Crippen LogP contribution in [0.25, 0.3) is 0 Å². The third-order valence-electron chi connectivity index (χ3n) is 1.90. The molecule has 0 spiro atoms. The first-order valence-electron chi connectivity index (χ1n) is 4.50. The second-order valence-corrected chi connectivity index (χ2v) is 3.03. The quantitative estimate of drug-likeness (QED) is 0.499. The number of hydrogen-bond acceptors (Lipinski definition) is 4. The van der Waals surface area contributed by atoms with Crippen LogP contribution in [0.15, 0.2) is 18.2 Å². The molecule has 15 heavy (non-hydrogen) atoms. The molecule has 0 saturated carbocycles.